The highest BCUT2D eigenvalue weighted by molar-refractivity contribution is 5.97. The number of pyridine rings is 1. The van der Waals surface area contributed by atoms with Crippen molar-refractivity contribution >= 4 is 16.7 Å². The van der Waals surface area contributed by atoms with Gasteiger partial charge in [-0.25, -0.2) is 9.97 Å². The van der Waals surface area contributed by atoms with Crippen LogP contribution < -0.4 is 19.1 Å². The number of morpholine rings is 1. The van der Waals surface area contributed by atoms with Crippen LogP contribution >= 0.6 is 0 Å². The summed E-state index contributed by atoms with van der Waals surface area (Å²) in [5, 5.41) is 0.832. The lowest BCUT2D eigenvalue weighted by Gasteiger charge is -2.34. The summed E-state index contributed by atoms with van der Waals surface area (Å²) >= 11 is 0. The lowest BCUT2D eigenvalue weighted by molar-refractivity contribution is 0.0368. The number of fused-ring (bicyclic) bond motifs is 1. The highest BCUT2D eigenvalue weighted by atomic mass is 16.5. The molecule has 3 aromatic rings. The third-order valence-corrected chi connectivity index (χ3v) is 4.80. The Kier molecular flexibility index (Phi) is 5.12. The van der Waals surface area contributed by atoms with Crippen LogP contribution in [0.25, 0.3) is 10.9 Å². The predicted molar refractivity (Wildman–Crippen MR) is 104 cm³/mol. The van der Waals surface area contributed by atoms with Crippen LogP contribution in [0, 0.1) is 0 Å². The first-order valence-corrected chi connectivity index (χ1v) is 8.98. The van der Waals surface area contributed by atoms with E-state index in [1.165, 1.54) is 6.33 Å². The highest BCUT2D eigenvalue weighted by Gasteiger charge is 2.27. The number of hydrogen-bond acceptors (Lipinski definition) is 8. The van der Waals surface area contributed by atoms with E-state index in [2.05, 4.69) is 19.9 Å². The molecule has 3 heterocycles. The van der Waals surface area contributed by atoms with E-state index < -0.39 is 0 Å². The monoisotopic (exact) mass is 382 g/mol. The molecular weight excluding hydrogens is 360 g/mol. The van der Waals surface area contributed by atoms with E-state index in [9.17, 15) is 0 Å². The molecule has 4 rings (SSSR count). The Labute approximate surface area is 163 Å². The zero-order valence-corrected chi connectivity index (χ0v) is 16.1. The van der Waals surface area contributed by atoms with Crippen molar-refractivity contribution in [2.45, 2.75) is 6.10 Å². The van der Waals surface area contributed by atoms with Gasteiger partial charge in [-0.3, -0.25) is 4.98 Å². The van der Waals surface area contributed by atoms with Crippen molar-refractivity contribution in [3.8, 4) is 17.2 Å². The second kappa shape index (κ2) is 7.85. The van der Waals surface area contributed by atoms with E-state index in [1.54, 1.807) is 27.5 Å². The number of hydrogen-bond donors (Lipinski definition) is 0. The van der Waals surface area contributed by atoms with Crippen LogP contribution in [0.3, 0.4) is 0 Å². The molecule has 1 aromatic carbocycles. The van der Waals surface area contributed by atoms with Crippen LogP contribution in [0.2, 0.25) is 0 Å². The summed E-state index contributed by atoms with van der Waals surface area (Å²) in [4.78, 5) is 15.6. The molecule has 1 fully saturated rings. The van der Waals surface area contributed by atoms with E-state index >= 15 is 0 Å². The summed E-state index contributed by atoms with van der Waals surface area (Å²) in [6.45, 7) is 1.93. The van der Waals surface area contributed by atoms with Crippen LogP contribution in [0.5, 0.6) is 17.2 Å². The average Bonchev–Trinajstić information content (AvgIpc) is 2.77. The van der Waals surface area contributed by atoms with Gasteiger partial charge in [0.25, 0.3) is 0 Å². The SMILES string of the molecule is COc1cc2c(N3CCOC(c4ccccn4)C3)ncnc2c(OC)c1OC. The van der Waals surface area contributed by atoms with Gasteiger partial charge in [0.15, 0.2) is 11.5 Å². The first-order chi connectivity index (χ1) is 13.8. The fraction of sp³-hybridized carbons (Fsp3) is 0.350. The molecule has 0 spiro atoms. The molecule has 1 unspecified atom stereocenters. The molecule has 2 aromatic heterocycles. The van der Waals surface area contributed by atoms with E-state index in [1.807, 2.05) is 24.3 Å². The maximum absolute atomic E-state index is 5.94. The molecule has 1 aliphatic heterocycles. The Balaban J connectivity index is 1.78. The molecule has 1 atom stereocenters. The Morgan fingerprint density at radius 2 is 1.89 bits per heavy atom. The lowest BCUT2D eigenvalue weighted by Crippen LogP contribution is -2.39. The summed E-state index contributed by atoms with van der Waals surface area (Å²) < 4.78 is 22.5. The molecule has 146 valence electrons. The molecule has 8 heteroatoms. The topological polar surface area (TPSA) is 78.8 Å². The fourth-order valence-electron chi connectivity index (χ4n) is 3.49. The average molecular weight is 382 g/mol. The van der Waals surface area contributed by atoms with Crippen LogP contribution in [0.15, 0.2) is 36.8 Å². The predicted octanol–water partition coefficient (Wildman–Crippen LogP) is 2.63. The van der Waals surface area contributed by atoms with Crippen LogP contribution in [-0.2, 0) is 4.74 Å². The Morgan fingerprint density at radius 1 is 1.04 bits per heavy atom. The molecule has 0 saturated carbocycles. The number of nitrogens with zero attached hydrogens (tertiary/aromatic N) is 4. The first-order valence-electron chi connectivity index (χ1n) is 8.98. The Bertz CT molecular complexity index is 967. The van der Waals surface area contributed by atoms with Gasteiger partial charge in [0.1, 0.15) is 23.8 Å². The molecule has 0 radical (unpaired) electrons. The van der Waals surface area contributed by atoms with Gasteiger partial charge in [-0.1, -0.05) is 6.07 Å². The largest absolute Gasteiger partial charge is 0.493 e. The zero-order valence-electron chi connectivity index (χ0n) is 16.1. The number of benzene rings is 1. The standard InChI is InChI=1S/C20H22N4O4/c1-25-15-10-13-17(19(27-3)18(15)26-2)22-12-23-20(13)24-8-9-28-16(11-24)14-6-4-5-7-21-14/h4-7,10,12,16H,8-9,11H2,1-3H3. The second-order valence-corrected chi connectivity index (χ2v) is 6.30. The minimum atomic E-state index is -0.123. The molecule has 0 bridgehead atoms. The molecule has 0 aliphatic carbocycles. The summed E-state index contributed by atoms with van der Waals surface area (Å²) in [5.41, 5.74) is 1.58. The molecule has 28 heavy (non-hydrogen) atoms. The number of aromatic nitrogens is 3. The van der Waals surface area contributed by atoms with Gasteiger partial charge in [-0.15, -0.1) is 0 Å². The van der Waals surface area contributed by atoms with Gasteiger partial charge in [0, 0.05) is 12.7 Å². The lowest BCUT2D eigenvalue weighted by atomic mass is 10.1. The highest BCUT2D eigenvalue weighted by Crippen LogP contribution is 2.44. The Morgan fingerprint density at radius 3 is 2.61 bits per heavy atom. The third kappa shape index (κ3) is 3.16. The summed E-state index contributed by atoms with van der Waals surface area (Å²) in [6.07, 6.45) is 3.19. The van der Waals surface area contributed by atoms with Gasteiger partial charge < -0.3 is 23.8 Å². The van der Waals surface area contributed by atoms with E-state index in [0.29, 0.717) is 42.5 Å². The molecule has 1 saturated heterocycles. The van der Waals surface area contributed by atoms with Crippen molar-refractivity contribution in [2.75, 3.05) is 45.9 Å². The summed E-state index contributed by atoms with van der Waals surface area (Å²) in [5.74, 6) is 2.40. The van der Waals surface area contributed by atoms with E-state index in [-0.39, 0.29) is 6.10 Å². The van der Waals surface area contributed by atoms with Crippen molar-refractivity contribution in [3.05, 3.63) is 42.5 Å². The van der Waals surface area contributed by atoms with Crippen molar-refractivity contribution in [2.24, 2.45) is 0 Å². The van der Waals surface area contributed by atoms with Crippen molar-refractivity contribution in [1.29, 1.82) is 0 Å². The fourth-order valence-corrected chi connectivity index (χ4v) is 3.49. The molecule has 0 amide bonds. The smallest absolute Gasteiger partial charge is 0.205 e. The number of ether oxygens (including phenoxy) is 4. The quantitative estimate of drug-likeness (QED) is 0.666. The summed E-state index contributed by atoms with van der Waals surface area (Å²) in [7, 11) is 4.76. The van der Waals surface area contributed by atoms with Gasteiger partial charge >= 0.3 is 0 Å². The maximum atomic E-state index is 5.94. The first kappa shape index (κ1) is 18.2. The number of anilines is 1. The van der Waals surface area contributed by atoms with Crippen molar-refractivity contribution in [1.82, 2.24) is 15.0 Å². The van der Waals surface area contributed by atoms with Gasteiger partial charge in [0.2, 0.25) is 5.75 Å². The number of methoxy groups -OCH3 is 3. The minimum Gasteiger partial charge on any atom is -0.493 e. The zero-order chi connectivity index (χ0) is 19.5. The Hall–Kier alpha value is -3.13. The minimum absolute atomic E-state index is 0.123. The van der Waals surface area contributed by atoms with Crippen LogP contribution in [-0.4, -0.2) is 56.0 Å². The molecular formula is C20H22N4O4. The van der Waals surface area contributed by atoms with Gasteiger partial charge in [0.05, 0.1) is 45.6 Å². The molecule has 1 aliphatic rings. The van der Waals surface area contributed by atoms with Crippen LogP contribution in [0.4, 0.5) is 5.82 Å². The second-order valence-electron chi connectivity index (χ2n) is 6.30. The number of rotatable bonds is 5. The molecule has 8 nitrogen and oxygen atoms in total. The van der Waals surface area contributed by atoms with Crippen molar-refractivity contribution in [3.63, 3.8) is 0 Å². The summed E-state index contributed by atoms with van der Waals surface area (Å²) in [6, 6.07) is 7.72. The van der Waals surface area contributed by atoms with Crippen LogP contribution in [0.1, 0.15) is 11.8 Å². The third-order valence-electron chi connectivity index (χ3n) is 4.80. The molecule has 0 N–H and O–H groups in total. The van der Waals surface area contributed by atoms with E-state index in [4.69, 9.17) is 18.9 Å². The van der Waals surface area contributed by atoms with E-state index in [0.717, 1.165) is 16.9 Å². The maximum Gasteiger partial charge on any atom is 0.205 e. The van der Waals surface area contributed by atoms with Gasteiger partial charge in [-0.05, 0) is 18.2 Å². The van der Waals surface area contributed by atoms with Crippen molar-refractivity contribution < 1.29 is 18.9 Å². The van der Waals surface area contributed by atoms with Gasteiger partial charge in [-0.2, -0.15) is 0 Å². The normalized spacial score (nSPS) is 16.8.